The number of aliphatic hydroxyl groups is 1. The summed E-state index contributed by atoms with van der Waals surface area (Å²) in [6, 6.07) is 9.97. The molecule has 0 saturated carbocycles. The molecule has 0 fully saturated rings. The van der Waals surface area contributed by atoms with E-state index in [-0.39, 0.29) is 0 Å². The van der Waals surface area contributed by atoms with Crippen LogP contribution in [0.15, 0.2) is 42.7 Å². The Kier molecular flexibility index (Phi) is 3.77. The average Bonchev–Trinajstić information content (AvgIpc) is 2.75. The van der Waals surface area contributed by atoms with Crippen LogP contribution in [0.25, 0.3) is 0 Å². The molecule has 4 heteroatoms. The van der Waals surface area contributed by atoms with E-state index in [1.165, 1.54) is 0 Å². The zero-order chi connectivity index (χ0) is 12.1. The summed E-state index contributed by atoms with van der Waals surface area (Å²) in [5, 5.41) is 13.3. The first-order valence-corrected chi connectivity index (χ1v) is 5.61. The standard InChI is InChI=1S/C13H16N2O2/c1-11(16)8-15-9-13(7-14-15)17-10-12-5-3-2-4-6-12/h2-7,9,11,16H,8,10H2,1H3. The molecule has 1 aromatic carbocycles. The van der Waals surface area contributed by atoms with Gasteiger partial charge >= 0.3 is 0 Å². The minimum Gasteiger partial charge on any atom is -0.486 e. The summed E-state index contributed by atoms with van der Waals surface area (Å²) < 4.78 is 7.26. The molecule has 0 spiro atoms. The Hall–Kier alpha value is -1.81. The van der Waals surface area contributed by atoms with Crippen molar-refractivity contribution in [3.8, 4) is 5.75 Å². The van der Waals surface area contributed by atoms with Crippen molar-refractivity contribution in [1.82, 2.24) is 9.78 Å². The second-order valence-corrected chi connectivity index (χ2v) is 4.02. The number of hydrogen-bond acceptors (Lipinski definition) is 3. The van der Waals surface area contributed by atoms with Crippen molar-refractivity contribution in [3.05, 3.63) is 48.3 Å². The number of hydrogen-bond donors (Lipinski definition) is 1. The number of ether oxygens (including phenoxy) is 1. The van der Waals surface area contributed by atoms with Gasteiger partial charge in [0, 0.05) is 0 Å². The molecule has 0 amide bonds. The van der Waals surface area contributed by atoms with Crippen LogP contribution in [0.4, 0.5) is 0 Å². The lowest BCUT2D eigenvalue weighted by atomic mass is 10.2. The third-order valence-corrected chi connectivity index (χ3v) is 2.31. The first kappa shape index (κ1) is 11.7. The van der Waals surface area contributed by atoms with Gasteiger partial charge in [0.05, 0.1) is 25.0 Å². The third kappa shape index (κ3) is 3.60. The smallest absolute Gasteiger partial charge is 0.157 e. The summed E-state index contributed by atoms with van der Waals surface area (Å²) in [5.74, 6) is 0.717. The van der Waals surface area contributed by atoms with Gasteiger partial charge in [-0.3, -0.25) is 4.68 Å². The largest absolute Gasteiger partial charge is 0.486 e. The highest BCUT2D eigenvalue weighted by atomic mass is 16.5. The monoisotopic (exact) mass is 232 g/mol. The molecule has 0 bridgehead atoms. The molecular weight excluding hydrogens is 216 g/mol. The van der Waals surface area contributed by atoms with Crippen LogP contribution in [0.5, 0.6) is 5.75 Å². The highest BCUT2D eigenvalue weighted by molar-refractivity contribution is 5.16. The fraction of sp³-hybridized carbons (Fsp3) is 0.308. The molecule has 1 N–H and O–H groups in total. The van der Waals surface area contributed by atoms with Gasteiger partial charge in [0.2, 0.25) is 0 Å². The van der Waals surface area contributed by atoms with Crippen molar-refractivity contribution in [2.45, 2.75) is 26.2 Å². The Morgan fingerprint density at radius 2 is 2.12 bits per heavy atom. The molecule has 0 aliphatic rings. The van der Waals surface area contributed by atoms with Gasteiger partial charge in [-0.2, -0.15) is 5.10 Å². The van der Waals surface area contributed by atoms with Crippen LogP contribution < -0.4 is 4.74 Å². The number of benzene rings is 1. The number of aromatic nitrogens is 2. The number of aliphatic hydroxyl groups excluding tert-OH is 1. The summed E-state index contributed by atoms with van der Waals surface area (Å²) in [6.45, 7) is 2.74. The Balaban J connectivity index is 1.89. The molecule has 1 unspecified atom stereocenters. The molecule has 90 valence electrons. The third-order valence-electron chi connectivity index (χ3n) is 2.31. The molecule has 0 aliphatic heterocycles. The summed E-state index contributed by atoms with van der Waals surface area (Å²) >= 11 is 0. The van der Waals surface area contributed by atoms with Gasteiger partial charge in [0.1, 0.15) is 6.61 Å². The summed E-state index contributed by atoms with van der Waals surface area (Å²) in [4.78, 5) is 0. The minimum absolute atomic E-state index is 0.406. The first-order valence-electron chi connectivity index (χ1n) is 5.61. The summed E-state index contributed by atoms with van der Waals surface area (Å²) in [7, 11) is 0. The molecule has 4 nitrogen and oxygen atoms in total. The van der Waals surface area contributed by atoms with Crippen LogP contribution in [-0.4, -0.2) is 21.0 Å². The van der Waals surface area contributed by atoms with Gasteiger partial charge in [-0.1, -0.05) is 30.3 Å². The van der Waals surface area contributed by atoms with Crippen LogP contribution >= 0.6 is 0 Å². The molecule has 0 radical (unpaired) electrons. The summed E-state index contributed by atoms with van der Waals surface area (Å²) in [6.07, 6.45) is 3.04. The first-order chi connectivity index (χ1) is 8.24. The average molecular weight is 232 g/mol. The normalized spacial score (nSPS) is 12.4. The Morgan fingerprint density at radius 1 is 1.35 bits per heavy atom. The predicted molar refractivity (Wildman–Crippen MR) is 64.7 cm³/mol. The zero-order valence-electron chi connectivity index (χ0n) is 9.78. The van der Waals surface area contributed by atoms with Crippen LogP contribution in [0.3, 0.4) is 0 Å². The molecule has 0 aliphatic carbocycles. The lowest BCUT2D eigenvalue weighted by Gasteiger charge is -2.04. The molecule has 2 rings (SSSR count). The van der Waals surface area contributed by atoms with Gasteiger partial charge in [0.25, 0.3) is 0 Å². The highest BCUT2D eigenvalue weighted by Gasteiger charge is 2.02. The van der Waals surface area contributed by atoms with Crippen molar-refractivity contribution in [3.63, 3.8) is 0 Å². The van der Waals surface area contributed by atoms with E-state index in [9.17, 15) is 5.11 Å². The van der Waals surface area contributed by atoms with Gasteiger partial charge < -0.3 is 9.84 Å². The van der Waals surface area contributed by atoms with Crippen molar-refractivity contribution in [2.24, 2.45) is 0 Å². The minimum atomic E-state index is -0.406. The molecule has 1 atom stereocenters. The van der Waals surface area contributed by atoms with Gasteiger partial charge in [-0.25, -0.2) is 0 Å². The van der Waals surface area contributed by atoms with E-state index in [4.69, 9.17) is 4.74 Å². The number of nitrogens with zero attached hydrogens (tertiary/aromatic N) is 2. The molecule has 1 aromatic heterocycles. The molecule has 1 heterocycles. The van der Waals surface area contributed by atoms with Crippen LogP contribution in [0.2, 0.25) is 0 Å². The maximum atomic E-state index is 9.22. The van der Waals surface area contributed by atoms with E-state index in [1.54, 1.807) is 24.0 Å². The maximum absolute atomic E-state index is 9.22. The summed E-state index contributed by atoms with van der Waals surface area (Å²) in [5.41, 5.74) is 1.12. The van der Waals surface area contributed by atoms with Crippen molar-refractivity contribution in [1.29, 1.82) is 0 Å². The van der Waals surface area contributed by atoms with E-state index in [0.29, 0.717) is 13.2 Å². The second kappa shape index (κ2) is 5.50. The van der Waals surface area contributed by atoms with E-state index in [2.05, 4.69) is 5.10 Å². The SMILES string of the molecule is CC(O)Cn1cc(OCc2ccccc2)cn1. The van der Waals surface area contributed by atoms with Crippen molar-refractivity contribution in [2.75, 3.05) is 0 Å². The van der Waals surface area contributed by atoms with Crippen molar-refractivity contribution < 1.29 is 9.84 Å². The van der Waals surface area contributed by atoms with Crippen molar-refractivity contribution >= 4 is 0 Å². The van der Waals surface area contributed by atoms with Gasteiger partial charge in [-0.15, -0.1) is 0 Å². The quantitative estimate of drug-likeness (QED) is 0.855. The van der Waals surface area contributed by atoms with Crippen LogP contribution in [-0.2, 0) is 13.2 Å². The Bertz CT molecular complexity index is 451. The van der Waals surface area contributed by atoms with Gasteiger partial charge in [0.15, 0.2) is 5.75 Å². The maximum Gasteiger partial charge on any atom is 0.157 e. The predicted octanol–water partition coefficient (Wildman–Crippen LogP) is 1.84. The van der Waals surface area contributed by atoms with Crippen LogP contribution in [0, 0.1) is 0 Å². The molecule has 2 aromatic rings. The van der Waals surface area contributed by atoms with E-state index in [0.717, 1.165) is 11.3 Å². The fourth-order valence-corrected chi connectivity index (χ4v) is 1.53. The topological polar surface area (TPSA) is 47.3 Å². The fourth-order valence-electron chi connectivity index (χ4n) is 1.53. The van der Waals surface area contributed by atoms with Gasteiger partial charge in [-0.05, 0) is 12.5 Å². The number of rotatable bonds is 5. The highest BCUT2D eigenvalue weighted by Crippen LogP contribution is 2.11. The molecule has 17 heavy (non-hydrogen) atoms. The molecular formula is C13H16N2O2. The molecule has 0 saturated heterocycles. The zero-order valence-corrected chi connectivity index (χ0v) is 9.78. The van der Waals surface area contributed by atoms with E-state index >= 15 is 0 Å². The van der Waals surface area contributed by atoms with Crippen LogP contribution in [0.1, 0.15) is 12.5 Å². The lowest BCUT2D eigenvalue weighted by Crippen LogP contribution is -2.11. The lowest BCUT2D eigenvalue weighted by molar-refractivity contribution is 0.168. The Morgan fingerprint density at radius 3 is 2.82 bits per heavy atom. The second-order valence-electron chi connectivity index (χ2n) is 4.02. The van der Waals surface area contributed by atoms with E-state index in [1.807, 2.05) is 30.3 Å². The van der Waals surface area contributed by atoms with E-state index < -0.39 is 6.10 Å². The Labute approximate surface area is 100 Å².